The van der Waals surface area contributed by atoms with Gasteiger partial charge in [0.2, 0.25) is 5.91 Å². The Morgan fingerprint density at radius 1 is 1.22 bits per heavy atom. The minimum absolute atomic E-state index is 0.00556. The molecule has 2 aromatic heterocycles. The molecule has 2 aromatic rings. The van der Waals surface area contributed by atoms with E-state index in [0.717, 1.165) is 49.8 Å². The number of hydrogen-bond acceptors (Lipinski definition) is 5. The largest absolute Gasteiger partial charge is 0.469 e. The molecule has 27 heavy (non-hydrogen) atoms. The van der Waals surface area contributed by atoms with Gasteiger partial charge in [-0.2, -0.15) is 0 Å². The van der Waals surface area contributed by atoms with Gasteiger partial charge in [0.1, 0.15) is 11.5 Å². The Bertz CT molecular complexity index is 848. The molecular weight excluding hydrogens is 344 g/mol. The van der Waals surface area contributed by atoms with Crippen LogP contribution >= 0.6 is 0 Å². The van der Waals surface area contributed by atoms with E-state index in [1.165, 1.54) is 12.7 Å². The van der Waals surface area contributed by atoms with Crippen molar-refractivity contribution in [2.45, 2.75) is 31.6 Å². The van der Waals surface area contributed by atoms with Crippen molar-refractivity contribution >= 4 is 28.7 Å². The van der Waals surface area contributed by atoms with Gasteiger partial charge in [-0.05, 0) is 69.4 Å². The maximum Gasteiger partial charge on any atom is 0.308 e. The molecule has 1 aliphatic heterocycles. The van der Waals surface area contributed by atoms with Crippen molar-refractivity contribution in [1.29, 1.82) is 0 Å². The van der Waals surface area contributed by atoms with E-state index >= 15 is 0 Å². The Labute approximate surface area is 158 Å². The lowest BCUT2D eigenvalue weighted by molar-refractivity contribution is -0.148. The number of H-pyrrole nitrogens is 1. The number of amides is 1. The van der Waals surface area contributed by atoms with E-state index < -0.39 is 0 Å². The fourth-order valence-electron chi connectivity index (χ4n) is 4.16. The molecule has 0 radical (unpaired) electrons. The molecule has 1 saturated heterocycles. The number of aromatic nitrogens is 2. The molecule has 2 fully saturated rings. The van der Waals surface area contributed by atoms with Gasteiger partial charge in [-0.15, -0.1) is 0 Å². The van der Waals surface area contributed by atoms with Crippen molar-refractivity contribution in [1.82, 2.24) is 14.9 Å². The molecule has 2 aliphatic rings. The predicted octanol–water partition coefficient (Wildman–Crippen LogP) is 2.51. The average Bonchev–Trinajstić information content (AvgIpc) is 3.03. The molecule has 1 aliphatic carbocycles. The fourth-order valence-corrected chi connectivity index (χ4v) is 4.16. The Kier molecular flexibility index (Phi) is 4.86. The number of anilines is 1. The van der Waals surface area contributed by atoms with Crippen molar-refractivity contribution in [2.24, 2.45) is 11.8 Å². The average molecular weight is 370 g/mol. The highest BCUT2D eigenvalue weighted by Crippen LogP contribution is 2.44. The SMILES string of the molecule is COC(=O)C1CC(c2c[nH]c3nc(NC(=O)C4CCN(C)CC4)ccc23)C1. The molecule has 0 atom stereocenters. The van der Waals surface area contributed by atoms with E-state index in [-0.39, 0.29) is 23.7 Å². The van der Waals surface area contributed by atoms with Crippen molar-refractivity contribution in [2.75, 3.05) is 32.6 Å². The number of aromatic amines is 1. The Morgan fingerprint density at radius 2 is 1.96 bits per heavy atom. The second kappa shape index (κ2) is 7.31. The van der Waals surface area contributed by atoms with Gasteiger partial charge in [-0.25, -0.2) is 4.98 Å². The van der Waals surface area contributed by atoms with E-state index in [2.05, 4.69) is 27.2 Å². The van der Waals surface area contributed by atoms with Crippen LogP contribution in [-0.2, 0) is 14.3 Å². The van der Waals surface area contributed by atoms with Crippen LogP contribution in [0, 0.1) is 11.8 Å². The number of methoxy groups -OCH3 is 1. The first kappa shape index (κ1) is 18.0. The van der Waals surface area contributed by atoms with Gasteiger partial charge in [-0.3, -0.25) is 9.59 Å². The summed E-state index contributed by atoms with van der Waals surface area (Å²) >= 11 is 0. The van der Waals surface area contributed by atoms with Crippen LogP contribution in [0.1, 0.15) is 37.2 Å². The van der Waals surface area contributed by atoms with Gasteiger partial charge in [0, 0.05) is 17.5 Å². The normalized spacial score (nSPS) is 23.8. The number of esters is 1. The lowest BCUT2D eigenvalue weighted by Gasteiger charge is -2.33. The molecule has 7 nitrogen and oxygen atoms in total. The number of fused-ring (bicyclic) bond motifs is 1. The summed E-state index contributed by atoms with van der Waals surface area (Å²) in [6, 6.07) is 3.87. The monoisotopic (exact) mass is 370 g/mol. The Hall–Kier alpha value is -2.41. The zero-order chi connectivity index (χ0) is 19.0. The molecule has 4 rings (SSSR count). The van der Waals surface area contributed by atoms with Crippen LogP contribution in [0.25, 0.3) is 11.0 Å². The summed E-state index contributed by atoms with van der Waals surface area (Å²) in [5.74, 6) is 0.934. The second-order valence-corrected chi connectivity index (χ2v) is 7.79. The second-order valence-electron chi connectivity index (χ2n) is 7.79. The van der Waals surface area contributed by atoms with Gasteiger partial charge >= 0.3 is 5.97 Å². The minimum atomic E-state index is -0.122. The van der Waals surface area contributed by atoms with Crippen molar-refractivity contribution in [3.63, 3.8) is 0 Å². The smallest absolute Gasteiger partial charge is 0.308 e. The molecule has 0 aromatic carbocycles. The summed E-state index contributed by atoms with van der Waals surface area (Å²) in [6.45, 7) is 1.91. The molecule has 0 spiro atoms. The Balaban J connectivity index is 1.42. The van der Waals surface area contributed by atoms with Crippen molar-refractivity contribution < 1.29 is 14.3 Å². The number of carbonyl (C=O) groups is 2. The molecule has 0 bridgehead atoms. The number of carbonyl (C=O) groups excluding carboxylic acids is 2. The molecule has 2 N–H and O–H groups in total. The molecule has 144 valence electrons. The summed E-state index contributed by atoms with van der Waals surface area (Å²) in [4.78, 5) is 34.1. The van der Waals surface area contributed by atoms with Crippen LogP contribution in [0.2, 0.25) is 0 Å². The van der Waals surface area contributed by atoms with Gasteiger partial charge in [0.15, 0.2) is 0 Å². The summed E-state index contributed by atoms with van der Waals surface area (Å²) in [6.07, 6.45) is 5.38. The highest BCUT2D eigenvalue weighted by atomic mass is 16.5. The number of rotatable bonds is 4. The number of nitrogens with zero attached hydrogens (tertiary/aromatic N) is 2. The fraction of sp³-hybridized carbons (Fsp3) is 0.550. The maximum atomic E-state index is 12.5. The quantitative estimate of drug-likeness (QED) is 0.808. The van der Waals surface area contributed by atoms with Crippen LogP contribution in [0.4, 0.5) is 5.82 Å². The van der Waals surface area contributed by atoms with Crippen molar-refractivity contribution in [3.8, 4) is 0 Å². The summed E-state index contributed by atoms with van der Waals surface area (Å²) in [5.41, 5.74) is 1.96. The number of ether oxygens (including phenoxy) is 1. The van der Waals surface area contributed by atoms with E-state index in [0.29, 0.717) is 11.7 Å². The number of likely N-dealkylation sites (tertiary alicyclic amines) is 1. The highest BCUT2D eigenvalue weighted by molar-refractivity contribution is 5.93. The summed E-state index contributed by atoms with van der Waals surface area (Å²) < 4.78 is 4.81. The highest BCUT2D eigenvalue weighted by Gasteiger charge is 2.37. The lowest BCUT2D eigenvalue weighted by Crippen LogP contribution is -2.36. The lowest BCUT2D eigenvalue weighted by atomic mass is 9.71. The maximum absolute atomic E-state index is 12.5. The molecule has 1 amide bonds. The van der Waals surface area contributed by atoms with E-state index in [9.17, 15) is 9.59 Å². The topological polar surface area (TPSA) is 87.3 Å². The van der Waals surface area contributed by atoms with E-state index in [1.807, 2.05) is 18.3 Å². The van der Waals surface area contributed by atoms with Crippen LogP contribution < -0.4 is 5.32 Å². The first-order valence-electron chi connectivity index (χ1n) is 9.60. The third-order valence-electron chi connectivity index (χ3n) is 6.02. The molecule has 3 heterocycles. The third-order valence-corrected chi connectivity index (χ3v) is 6.02. The standard InChI is InChI=1S/C20H26N4O3/c1-24-7-5-12(6-8-24)19(25)23-17-4-3-15-16(11-21-18(15)22-17)13-9-14(10-13)20(26)27-2/h3-4,11-14H,5-10H2,1-2H3,(H2,21,22,23,25). The molecule has 1 saturated carbocycles. The first-order chi connectivity index (χ1) is 13.0. The zero-order valence-electron chi connectivity index (χ0n) is 15.8. The van der Waals surface area contributed by atoms with Gasteiger partial charge in [-0.1, -0.05) is 0 Å². The van der Waals surface area contributed by atoms with Crippen LogP contribution in [0.5, 0.6) is 0 Å². The first-order valence-corrected chi connectivity index (χ1v) is 9.60. The number of hydrogen-bond donors (Lipinski definition) is 2. The van der Waals surface area contributed by atoms with Gasteiger partial charge in [0.05, 0.1) is 13.0 Å². The number of nitrogens with one attached hydrogen (secondary N) is 2. The Morgan fingerprint density at radius 3 is 2.67 bits per heavy atom. The van der Waals surface area contributed by atoms with Gasteiger partial charge in [0.25, 0.3) is 0 Å². The van der Waals surface area contributed by atoms with Crippen molar-refractivity contribution in [3.05, 3.63) is 23.9 Å². The molecule has 0 unspecified atom stereocenters. The zero-order valence-corrected chi connectivity index (χ0v) is 15.8. The summed E-state index contributed by atoms with van der Waals surface area (Å²) in [7, 11) is 3.52. The van der Waals surface area contributed by atoms with E-state index in [4.69, 9.17) is 4.74 Å². The van der Waals surface area contributed by atoms with Crippen LogP contribution in [0.3, 0.4) is 0 Å². The third kappa shape index (κ3) is 3.56. The number of pyridine rings is 1. The number of piperidine rings is 1. The molecule has 7 heteroatoms. The van der Waals surface area contributed by atoms with Crippen LogP contribution in [-0.4, -0.2) is 54.0 Å². The predicted molar refractivity (Wildman–Crippen MR) is 102 cm³/mol. The molecular formula is C20H26N4O3. The van der Waals surface area contributed by atoms with Gasteiger partial charge < -0.3 is 19.9 Å². The van der Waals surface area contributed by atoms with E-state index in [1.54, 1.807) is 0 Å². The van der Waals surface area contributed by atoms with Crippen LogP contribution in [0.15, 0.2) is 18.3 Å². The summed E-state index contributed by atoms with van der Waals surface area (Å²) in [5, 5.41) is 4.02. The minimum Gasteiger partial charge on any atom is -0.469 e.